The number of carbonyl (C=O) groups excluding carboxylic acids is 1. The van der Waals surface area contributed by atoms with Gasteiger partial charge >= 0.3 is 6.01 Å². The Labute approximate surface area is 200 Å². The van der Waals surface area contributed by atoms with Crippen LogP contribution in [0.2, 0.25) is 0 Å². The summed E-state index contributed by atoms with van der Waals surface area (Å²) in [5.74, 6) is 0.555. The molecule has 0 saturated carbocycles. The van der Waals surface area contributed by atoms with Gasteiger partial charge in [-0.2, -0.15) is 9.97 Å². The van der Waals surface area contributed by atoms with Gasteiger partial charge in [0.2, 0.25) is 0 Å². The lowest BCUT2D eigenvalue weighted by Crippen LogP contribution is -2.44. The maximum Gasteiger partial charge on any atom is 0.319 e. The number of nitrogens with one attached hydrogen (secondary N) is 1. The van der Waals surface area contributed by atoms with Crippen molar-refractivity contribution >= 4 is 28.2 Å². The molecule has 3 aromatic rings. The zero-order valence-electron chi connectivity index (χ0n) is 19.9. The number of rotatable bonds is 6. The van der Waals surface area contributed by atoms with Crippen LogP contribution in [0.15, 0.2) is 48.5 Å². The third-order valence-corrected chi connectivity index (χ3v) is 6.86. The van der Waals surface area contributed by atoms with Crippen LogP contribution in [0.1, 0.15) is 23.3 Å². The molecule has 1 N–H and O–H groups in total. The number of hydrogen-bond acceptors (Lipinski definition) is 7. The summed E-state index contributed by atoms with van der Waals surface area (Å²) in [6.45, 7) is 5.02. The SMILES string of the molecule is CN(C(=O)c1cc(N2CCNCC2)nc(OC[C@@H]2CCCN2C)n1)c1cccc2ccccc12. The van der Waals surface area contributed by atoms with Crippen molar-refractivity contribution in [3.05, 3.63) is 54.2 Å². The number of fused-ring (bicyclic) bond motifs is 1. The van der Waals surface area contributed by atoms with Gasteiger partial charge in [-0.3, -0.25) is 4.79 Å². The van der Waals surface area contributed by atoms with Crippen LogP contribution in [0.5, 0.6) is 6.01 Å². The minimum atomic E-state index is -0.182. The second-order valence-electron chi connectivity index (χ2n) is 9.08. The molecule has 1 aromatic heterocycles. The molecule has 2 aliphatic heterocycles. The van der Waals surface area contributed by atoms with Crippen molar-refractivity contribution < 1.29 is 9.53 Å². The Hall–Kier alpha value is -3.23. The van der Waals surface area contributed by atoms with Crippen LogP contribution < -0.4 is 19.9 Å². The summed E-state index contributed by atoms with van der Waals surface area (Å²) in [5, 5.41) is 5.48. The molecule has 178 valence electrons. The maximum atomic E-state index is 13.6. The zero-order valence-corrected chi connectivity index (χ0v) is 19.9. The fourth-order valence-corrected chi connectivity index (χ4v) is 4.79. The molecule has 8 heteroatoms. The Bertz CT molecular complexity index is 1160. The van der Waals surface area contributed by atoms with E-state index in [0.29, 0.717) is 18.3 Å². The molecular formula is C26H32N6O2. The number of benzene rings is 2. The van der Waals surface area contributed by atoms with E-state index in [4.69, 9.17) is 4.74 Å². The first kappa shape index (κ1) is 22.6. The third kappa shape index (κ3) is 4.69. The van der Waals surface area contributed by atoms with Crippen LogP contribution in [0.25, 0.3) is 10.8 Å². The molecule has 3 heterocycles. The van der Waals surface area contributed by atoms with Gasteiger partial charge in [-0.25, -0.2) is 0 Å². The molecular weight excluding hydrogens is 428 g/mol. The number of hydrogen-bond donors (Lipinski definition) is 1. The molecule has 2 saturated heterocycles. The van der Waals surface area contributed by atoms with Crippen molar-refractivity contribution in [3.63, 3.8) is 0 Å². The predicted octanol–water partition coefficient (Wildman–Crippen LogP) is 2.79. The minimum absolute atomic E-state index is 0.182. The van der Waals surface area contributed by atoms with Crippen molar-refractivity contribution in [3.8, 4) is 6.01 Å². The predicted molar refractivity (Wildman–Crippen MR) is 135 cm³/mol. The van der Waals surface area contributed by atoms with Crippen LogP contribution in [0, 0.1) is 0 Å². The van der Waals surface area contributed by atoms with Crippen LogP contribution in [-0.4, -0.2) is 80.2 Å². The Balaban J connectivity index is 1.45. The van der Waals surface area contributed by atoms with Gasteiger partial charge in [-0.05, 0) is 37.9 Å². The largest absolute Gasteiger partial charge is 0.462 e. The number of likely N-dealkylation sites (N-methyl/N-ethyl adjacent to an activating group) is 1. The first-order valence-electron chi connectivity index (χ1n) is 12.0. The smallest absolute Gasteiger partial charge is 0.319 e. The summed E-state index contributed by atoms with van der Waals surface area (Å²) < 4.78 is 6.06. The molecule has 2 aliphatic rings. The van der Waals surface area contributed by atoms with Gasteiger partial charge in [0.25, 0.3) is 5.91 Å². The summed E-state index contributed by atoms with van der Waals surface area (Å²) in [6, 6.07) is 16.5. The number of carbonyl (C=O) groups is 1. The molecule has 2 aromatic carbocycles. The van der Waals surface area contributed by atoms with Gasteiger partial charge in [-0.1, -0.05) is 36.4 Å². The zero-order chi connectivity index (χ0) is 23.5. The average Bonchev–Trinajstić information content (AvgIpc) is 3.31. The normalized spacial score (nSPS) is 18.9. The quantitative estimate of drug-likeness (QED) is 0.606. The van der Waals surface area contributed by atoms with E-state index in [0.717, 1.165) is 61.4 Å². The van der Waals surface area contributed by atoms with E-state index in [1.54, 1.807) is 18.0 Å². The highest BCUT2D eigenvalue weighted by molar-refractivity contribution is 6.09. The lowest BCUT2D eigenvalue weighted by atomic mass is 10.1. The number of ether oxygens (including phenoxy) is 1. The van der Waals surface area contributed by atoms with Gasteiger partial charge in [0, 0.05) is 50.7 Å². The van der Waals surface area contributed by atoms with Crippen molar-refractivity contribution in [1.82, 2.24) is 20.2 Å². The second kappa shape index (κ2) is 9.95. The highest BCUT2D eigenvalue weighted by Gasteiger charge is 2.24. The summed E-state index contributed by atoms with van der Waals surface area (Å²) in [7, 11) is 3.91. The Morgan fingerprint density at radius 2 is 1.91 bits per heavy atom. The number of piperazine rings is 1. The van der Waals surface area contributed by atoms with Crippen LogP contribution in [-0.2, 0) is 0 Å². The third-order valence-electron chi connectivity index (χ3n) is 6.86. The van der Waals surface area contributed by atoms with Gasteiger partial charge in [-0.15, -0.1) is 0 Å². The monoisotopic (exact) mass is 460 g/mol. The molecule has 34 heavy (non-hydrogen) atoms. The maximum absolute atomic E-state index is 13.6. The van der Waals surface area contributed by atoms with Gasteiger partial charge in [0.05, 0.1) is 5.69 Å². The van der Waals surface area contributed by atoms with Gasteiger partial charge in [0.1, 0.15) is 18.1 Å². The number of amides is 1. The van der Waals surface area contributed by atoms with Crippen LogP contribution in [0.4, 0.5) is 11.5 Å². The molecule has 0 bridgehead atoms. The highest BCUT2D eigenvalue weighted by Crippen LogP contribution is 2.28. The summed E-state index contributed by atoms with van der Waals surface area (Å²) in [4.78, 5) is 29.0. The first-order valence-corrected chi connectivity index (χ1v) is 12.0. The number of nitrogens with zero attached hydrogens (tertiary/aromatic N) is 5. The van der Waals surface area contributed by atoms with E-state index in [9.17, 15) is 4.79 Å². The molecule has 8 nitrogen and oxygen atoms in total. The minimum Gasteiger partial charge on any atom is -0.462 e. The average molecular weight is 461 g/mol. The highest BCUT2D eigenvalue weighted by atomic mass is 16.5. The molecule has 1 atom stereocenters. The van der Waals surface area contributed by atoms with E-state index in [-0.39, 0.29) is 11.9 Å². The lowest BCUT2D eigenvalue weighted by Gasteiger charge is -2.29. The fraction of sp³-hybridized carbons (Fsp3) is 0.423. The molecule has 1 amide bonds. The van der Waals surface area contributed by atoms with Crippen molar-refractivity contribution in [1.29, 1.82) is 0 Å². The number of aromatic nitrogens is 2. The topological polar surface area (TPSA) is 73.8 Å². The van der Waals surface area contributed by atoms with Gasteiger partial charge < -0.3 is 24.8 Å². The first-order chi connectivity index (χ1) is 16.6. The Morgan fingerprint density at radius 1 is 1.12 bits per heavy atom. The van der Waals surface area contributed by atoms with Crippen molar-refractivity contribution in [2.24, 2.45) is 0 Å². The van der Waals surface area contributed by atoms with Crippen molar-refractivity contribution in [2.45, 2.75) is 18.9 Å². The van der Waals surface area contributed by atoms with E-state index in [1.165, 1.54) is 6.42 Å². The molecule has 0 unspecified atom stereocenters. The van der Waals surface area contributed by atoms with E-state index >= 15 is 0 Å². The van der Waals surface area contributed by atoms with Crippen LogP contribution in [0.3, 0.4) is 0 Å². The Morgan fingerprint density at radius 3 is 2.71 bits per heavy atom. The summed E-state index contributed by atoms with van der Waals surface area (Å²) in [5.41, 5.74) is 1.19. The molecule has 0 aliphatic carbocycles. The molecule has 0 spiro atoms. The lowest BCUT2D eigenvalue weighted by molar-refractivity contribution is 0.0986. The molecule has 2 fully saturated rings. The number of anilines is 2. The van der Waals surface area contributed by atoms with Crippen molar-refractivity contribution in [2.75, 3.05) is 63.2 Å². The molecule has 0 radical (unpaired) electrons. The fourth-order valence-electron chi connectivity index (χ4n) is 4.79. The van der Waals surface area contributed by atoms with E-state index in [1.807, 2.05) is 30.3 Å². The van der Waals surface area contributed by atoms with E-state index in [2.05, 4.69) is 44.3 Å². The second-order valence-corrected chi connectivity index (χ2v) is 9.08. The van der Waals surface area contributed by atoms with Gasteiger partial charge in [0.15, 0.2) is 0 Å². The standard InChI is InChI=1S/C26H32N6O2/c1-30-14-6-9-20(30)18-34-26-28-22(17-24(29-26)32-15-12-27-13-16-32)25(33)31(2)23-11-5-8-19-7-3-4-10-21(19)23/h3-5,7-8,10-11,17,20,27H,6,9,12-16,18H2,1-2H3/t20-/m0/s1. The molecule has 5 rings (SSSR count). The van der Waals surface area contributed by atoms with E-state index < -0.39 is 0 Å². The Kier molecular flexibility index (Phi) is 6.60. The number of likely N-dealkylation sites (tertiary alicyclic amines) is 1. The van der Waals surface area contributed by atoms with Crippen LogP contribution >= 0.6 is 0 Å². The summed E-state index contributed by atoms with van der Waals surface area (Å²) in [6.07, 6.45) is 2.27. The summed E-state index contributed by atoms with van der Waals surface area (Å²) >= 11 is 0.